The Labute approximate surface area is 128 Å². The van der Waals surface area contributed by atoms with Crippen LogP contribution in [-0.2, 0) is 6.54 Å². The molecule has 0 fully saturated rings. The first-order chi connectivity index (χ1) is 10.1. The second kappa shape index (κ2) is 5.74. The zero-order chi connectivity index (χ0) is 14.8. The third kappa shape index (κ3) is 3.34. The van der Waals surface area contributed by atoms with Crippen molar-refractivity contribution in [3.8, 4) is 0 Å². The second-order valence-electron chi connectivity index (χ2n) is 5.06. The largest absolute Gasteiger partial charge is 0.359 e. The van der Waals surface area contributed by atoms with Gasteiger partial charge < -0.3 is 4.90 Å². The van der Waals surface area contributed by atoms with Gasteiger partial charge in [0.2, 0.25) is 0 Å². The number of aryl methyl sites for hydroxylation is 1. The lowest BCUT2D eigenvalue weighted by atomic mass is 10.1. The number of nitrogens with zero attached hydrogens (tertiary/aromatic N) is 2. The van der Waals surface area contributed by atoms with Crippen LogP contribution in [0.2, 0.25) is 5.02 Å². The van der Waals surface area contributed by atoms with Crippen molar-refractivity contribution in [2.24, 2.45) is 5.10 Å². The van der Waals surface area contributed by atoms with Gasteiger partial charge in [-0.1, -0.05) is 35.4 Å². The molecule has 0 radical (unpaired) electrons. The average Bonchev–Trinajstić information content (AvgIpc) is 3.27. The first-order valence-corrected chi connectivity index (χ1v) is 7.08. The normalized spacial score (nSPS) is 12.6. The molecule has 2 aromatic carbocycles. The number of halogens is 2. The summed E-state index contributed by atoms with van der Waals surface area (Å²) >= 11 is 6.13. The van der Waals surface area contributed by atoms with Crippen LogP contribution in [0.3, 0.4) is 0 Å². The lowest BCUT2D eigenvalue weighted by molar-refractivity contribution is 0.607. The van der Waals surface area contributed by atoms with Crippen molar-refractivity contribution >= 4 is 23.1 Å². The van der Waals surface area contributed by atoms with Gasteiger partial charge >= 0.3 is 0 Å². The number of benzene rings is 2. The molecule has 0 saturated heterocycles. The molecule has 3 rings (SSSR count). The maximum atomic E-state index is 14.0. The summed E-state index contributed by atoms with van der Waals surface area (Å²) in [6.45, 7) is 3.04. The molecule has 0 spiro atoms. The van der Waals surface area contributed by atoms with Crippen LogP contribution in [0.1, 0.15) is 11.1 Å². The number of anilines is 1. The van der Waals surface area contributed by atoms with E-state index in [1.165, 1.54) is 11.6 Å². The van der Waals surface area contributed by atoms with Crippen LogP contribution in [-0.4, -0.2) is 12.4 Å². The van der Waals surface area contributed by atoms with Gasteiger partial charge in [-0.15, -0.1) is 0 Å². The third-order valence-electron chi connectivity index (χ3n) is 3.42. The van der Waals surface area contributed by atoms with E-state index in [0.717, 1.165) is 11.5 Å². The summed E-state index contributed by atoms with van der Waals surface area (Å²) in [6.07, 6.45) is 0. The maximum Gasteiger partial charge on any atom is 0.162 e. The standard InChI is InChI=1S/C16H15ClFN3/c1-11-5-7-12(8-6-11)21(10-16-19-20-16)9-13-14(17)3-2-4-15(13)18/h2-8H,9-10H2,1H3,(H,19,20). The number of hydrogen-bond acceptors (Lipinski definition) is 3. The van der Waals surface area contributed by atoms with Crippen molar-refractivity contribution in [3.05, 3.63) is 64.4 Å². The molecule has 1 aliphatic heterocycles. The molecular formula is C16H15ClFN3. The highest BCUT2D eigenvalue weighted by molar-refractivity contribution is 6.31. The molecule has 1 N–H and O–H groups in total. The number of amidine groups is 1. The quantitative estimate of drug-likeness (QED) is 0.914. The summed E-state index contributed by atoms with van der Waals surface area (Å²) in [5.41, 5.74) is 5.53. The fourth-order valence-corrected chi connectivity index (χ4v) is 2.38. The van der Waals surface area contributed by atoms with E-state index >= 15 is 0 Å². The van der Waals surface area contributed by atoms with Gasteiger partial charge in [0.25, 0.3) is 0 Å². The SMILES string of the molecule is Cc1ccc(N(CC2=NN2)Cc2c(F)cccc2Cl)cc1. The van der Waals surface area contributed by atoms with Crippen molar-refractivity contribution < 1.29 is 4.39 Å². The fourth-order valence-electron chi connectivity index (χ4n) is 2.16. The van der Waals surface area contributed by atoms with Gasteiger partial charge in [0.05, 0.1) is 6.54 Å². The Morgan fingerprint density at radius 1 is 1.14 bits per heavy atom. The van der Waals surface area contributed by atoms with Gasteiger partial charge in [-0.25, -0.2) is 4.39 Å². The van der Waals surface area contributed by atoms with Crippen LogP contribution >= 0.6 is 11.6 Å². The van der Waals surface area contributed by atoms with E-state index in [1.54, 1.807) is 12.1 Å². The molecule has 21 heavy (non-hydrogen) atoms. The van der Waals surface area contributed by atoms with Gasteiger partial charge in [-0.05, 0) is 31.2 Å². The minimum Gasteiger partial charge on any atom is -0.359 e. The zero-order valence-corrected chi connectivity index (χ0v) is 12.4. The van der Waals surface area contributed by atoms with Crippen LogP contribution in [0.5, 0.6) is 0 Å². The van der Waals surface area contributed by atoms with Crippen LogP contribution in [0.4, 0.5) is 10.1 Å². The Morgan fingerprint density at radius 2 is 1.86 bits per heavy atom. The number of hydrazone groups is 1. The van der Waals surface area contributed by atoms with Gasteiger partial charge in [-0.2, -0.15) is 5.10 Å². The van der Waals surface area contributed by atoms with Crippen molar-refractivity contribution in [2.45, 2.75) is 13.5 Å². The fraction of sp³-hybridized carbons (Fsp3) is 0.188. The average molecular weight is 304 g/mol. The van der Waals surface area contributed by atoms with Crippen molar-refractivity contribution in [3.63, 3.8) is 0 Å². The Kier molecular flexibility index (Phi) is 3.80. The predicted molar refractivity (Wildman–Crippen MR) is 84.2 cm³/mol. The van der Waals surface area contributed by atoms with E-state index in [4.69, 9.17) is 11.6 Å². The van der Waals surface area contributed by atoms with E-state index in [2.05, 4.69) is 10.5 Å². The molecule has 1 aliphatic rings. The van der Waals surface area contributed by atoms with Gasteiger partial charge in [0.1, 0.15) is 5.82 Å². The van der Waals surface area contributed by atoms with E-state index in [-0.39, 0.29) is 5.82 Å². The Bertz CT molecular complexity index is 662. The first kappa shape index (κ1) is 13.9. The number of nitrogens with one attached hydrogen (secondary N) is 1. The van der Waals surface area contributed by atoms with E-state index in [9.17, 15) is 4.39 Å². The van der Waals surface area contributed by atoms with Crippen LogP contribution in [0.25, 0.3) is 0 Å². The maximum absolute atomic E-state index is 14.0. The van der Waals surface area contributed by atoms with Gasteiger partial charge in [0.15, 0.2) is 5.84 Å². The third-order valence-corrected chi connectivity index (χ3v) is 3.77. The molecule has 0 aliphatic carbocycles. The minimum atomic E-state index is -0.287. The van der Waals surface area contributed by atoms with Crippen LogP contribution < -0.4 is 10.3 Å². The molecular weight excluding hydrogens is 289 g/mol. The van der Waals surface area contributed by atoms with E-state index in [0.29, 0.717) is 23.7 Å². The molecule has 3 nitrogen and oxygen atoms in total. The molecule has 5 heteroatoms. The number of hydrogen-bond donors (Lipinski definition) is 1. The lowest BCUT2D eigenvalue weighted by Crippen LogP contribution is -2.28. The summed E-state index contributed by atoms with van der Waals surface area (Å²) in [5.74, 6) is 0.605. The Balaban J connectivity index is 1.88. The second-order valence-corrected chi connectivity index (χ2v) is 5.47. The van der Waals surface area contributed by atoms with E-state index in [1.807, 2.05) is 36.1 Å². The minimum absolute atomic E-state index is 0.287. The molecule has 0 saturated carbocycles. The summed E-state index contributed by atoms with van der Waals surface area (Å²) in [6, 6.07) is 12.9. The molecule has 0 bridgehead atoms. The highest BCUT2D eigenvalue weighted by Gasteiger charge is 2.18. The summed E-state index contributed by atoms with van der Waals surface area (Å²) in [7, 11) is 0. The number of rotatable bonds is 5. The Morgan fingerprint density at radius 3 is 2.48 bits per heavy atom. The van der Waals surface area contributed by atoms with E-state index < -0.39 is 0 Å². The molecule has 0 unspecified atom stereocenters. The first-order valence-electron chi connectivity index (χ1n) is 6.70. The lowest BCUT2D eigenvalue weighted by Gasteiger charge is -2.24. The molecule has 1 heterocycles. The summed E-state index contributed by atoms with van der Waals surface area (Å²) in [5, 5.41) is 4.41. The molecule has 2 aromatic rings. The van der Waals surface area contributed by atoms with Crippen molar-refractivity contribution in [1.82, 2.24) is 5.43 Å². The topological polar surface area (TPSA) is 37.5 Å². The van der Waals surface area contributed by atoms with Crippen molar-refractivity contribution in [2.75, 3.05) is 11.4 Å². The molecule has 0 aromatic heterocycles. The van der Waals surface area contributed by atoms with Gasteiger partial charge in [-0.3, -0.25) is 5.43 Å². The smallest absolute Gasteiger partial charge is 0.162 e. The van der Waals surface area contributed by atoms with Crippen LogP contribution in [0.15, 0.2) is 47.6 Å². The van der Waals surface area contributed by atoms with Crippen molar-refractivity contribution in [1.29, 1.82) is 0 Å². The molecule has 0 atom stereocenters. The summed E-state index contributed by atoms with van der Waals surface area (Å²) < 4.78 is 14.0. The monoisotopic (exact) mass is 303 g/mol. The molecule has 108 valence electrons. The predicted octanol–water partition coefficient (Wildman–Crippen LogP) is 3.71. The van der Waals surface area contributed by atoms with Crippen LogP contribution in [0, 0.1) is 12.7 Å². The highest BCUT2D eigenvalue weighted by atomic mass is 35.5. The Hall–Kier alpha value is -2.07. The highest BCUT2D eigenvalue weighted by Crippen LogP contribution is 2.24. The van der Waals surface area contributed by atoms with Gasteiger partial charge in [0, 0.05) is 22.8 Å². The zero-order valence-electron chi connectivity index (χ0n) is 11.6. The summed E-state index contributed by atoms with van der Waals surface area (Å²) in [4.78, 5) is 2.04. The molecule has 0 amide bonds.